The first kappa shape index (κ1) is 14.5. The summed E-state index contributed by atoms with van der Waals surface area (Å²) in [6, 6.07) is 4.42. The molecule has 108 valence electrons. The molecule has 0 bridgehead atoms. The standard InChI is InChI=1S/C13H15F3N4/c1-7(2)10(17)12-18-11(19-20-12)8-3-5-9(6-4-8)13(14,15)16/h3-7,10H,17H2,1-2H3,(H,18,19,20)/t10-/m0/s1. The molecule has 0 radical (unpaired) electrons. The number of hydrogen-bond acceptors (Lipinski definition) is 3. The number of benzene rings is 1. The Hall–Kier alpha value is -1.89. The van der Waals surface area contributed by atoms with Crippen LogP contribution in [0.15, 0.2) is 24.3 Å². The third-order valence-electron chi connectivity index (χ3n) is 3.01. The van der Waals surface area contributed by atoms with E-state index < -0.39 is 11.7 Å². The second kappa shape index (κ2) is 5.24. The van der Waals surface area contributed by atoms with E-state index in [2.05, 4.69) is 15.2 Å². The van der Waals surface area contributed by atoms with Gasteiger partial charge in [-0.3, -0.25) is 5.10 Å². The molecule has 20 heavy (non-hydrogen) atoms. The van der Waals surface area contributed by atoms with Gasteiger partial charge in [-0.15, -0.1) is 0 Å². The lowest BCUT2D eigenvalue weighted by Crippen LogP contribution is -2.18. The van der Waals surface area contributed by atoms with E-state index in [4.69, 9.17) is 5.73 Å². The van der Waals surface area contributed by atoms with E-state index in [1.165, 1.54) is 12.1 Å². The lowest BCUT2D eigenvalue weighted by atomic mass is 10.1. The summed E-state index contributed by atoms with van der Waals surface area (Å²) in [5, 5.41) is 6.71. The molecule has 1 aromatic carbocycles. The van der Waals surface area contributed by atoms with Crippen LogP contribution in [0.5, 0.6) is 0 Å². The monoisotopic (exact) mass is 284 g/mol. The van der Waals surface area contributed by atoms with Crippen molar-refractivity contribution in [2.45, 2.75) is 26.1 Å². The van der Waals surface area contributed by atoms with Gasteiger partial charge in [0.25, 0.3) is 0 Å². The normalized spacial score (nSPS) is 13.8. The second-order valence-electron chi connectivity index (χ2n) is 4.89. The topological polar surface area (TPSA) is 67.6 Å². The summed E-state index contributed by atoms with van der Waals surface area (Å²) >= 11 is 0. The highest BCUT2D eigenvalue weighted by Crippen LogP contribution is 2.30. The fourth-order valence-electron chi connectivity index (χ4n) is 1.68. The van der Waals surface area contributed by atoms with Crippen LogP contribution in [0.2, 0.25) is 0 Å². The van der Waals surface area contributed by atoms with Crippen LogP contribution in [0.4, 0.5) is 13.2 Å². The summed E-state index contributed by atoms with van der Waals surface area (Å²) in [5.41, 5.74) is 5.74. The van der Waals surface area contributed by atoms with Crippen LogP contribution in [-0.4, -0.2) is 15.2 Å². The third kappa shape index (κ3) is 2.98. The molecule has 2 rings (SSSR count). The van der Waals surface area contributed by atoms with Crippen molar-refractivity contribution in [3.8, 4) is 11.4 Å². The van der Waals surface area contributed by atoms with E-state index in [-0.39, 0.29) is 12.0 Å². The number of aromatic amines is 1. The van der Waals surface area contributed by atoms with Gasteiger partial charge in [-0.25, -0.2) is 4.98 Å². The molecule has 2 aromatic rings. The molecular weight excluding hydrogens is 269 g/mol. The van der Waals surface area contributed by atoms with Gasteiger partial charge in [-0.2, -0.15) is 18.3 Å². The largest absolute Gasteiger partial charge is 0.416 e. The molecular formula is C13H15F3N4. The molecule has 3 N–H and O–H groups in total. The first-order valence-electron chi connectivity index (χ1n) is 6.14. The van der Waals surface area contributed by atoms with Crippen LogP contribution in [0.3, 0.4) is 0 Å². The number of rotatable bonds is 3. The van der Waals surface area contributed by atoms with Crippen molar-refractivity contribution >= 4 is 0 Å². The lowest BCUT2D eigenvalue weighted by Gasteiger charge is -2.11. The van der Waals surface area contributed by atoms with Crippen molar-refractivity contribution < 1.29 is 13.2 Å². The summed E-state index contributed by atoms with van der Waals surface area (Å²) in [7, 11) is 0. The van der Waals surface area contributed by atoms with Crippen LogP contribution in [0.1, 0.15) is 31.3 Å². The Balaban J connectivity index is 2.25. The molecule has 0 saturated carbocycles. The Morgan fingerprint density at radius 3 is 2.25 bits per heavy atom. The summed E-state index contributed by atoms with van der Waals surface area (Å²) in [4.78, 5) is 4.22. The summed E-state index contributed by atoms with van der Waals surface area (Å²) in [5.74, 6) is 1.04. The molecule has 0 aliphatic rings. The molecule has 1 heterocycles. The van der Waals surface area contributed by atoms with Crippen molar-refractivity contribution in [2.75, 3.05) is 0 Å². The molecule has 1 atom stereocenters. The highest BCUT2D eigenvalue weighted by molar-refractivity contribution is 5.55. The number of halogens is 3. The number of nitrogens with one attached hydrogen (secondary N) is 1. The van der Waals surface area contributed by atoms with Crippen molar-refractivity contribution in [3.05, 3.63) is 35.7 Å². The van der Waals surface area contributed by atoms with Crippen molar-refractivity contribution in [3.63, 3.8) is 0 Å². The Bertz CT molecular complexity index is 572. The molecule has 0 amide bonds. The maximum atomic E-state index is 12.5. The number of H-pyrrole nitrogens is 1. The average Bonchev–Trinajstić information content (AvgIpc) is 2.86. The van der Waals surface area contributed by atoms with E-state index in [0.717, 1.165) is 12.1 Å². The van der Waals surface area contributed by atoms with E-state index in [0.29, 0.717) is 17.2 Å². The Morgan fingerprint density at radius 2 is 1.75 bits per heavy atom. The predicted octanol–water partition coefficient (Wildman–Crippen LogP) is 3.15. The van der Waals surface area contributed by atoms with Crippen molar-refractivity contribution in [1.82, 2.24) is 15.2 Å². The van der Waals surface area contributed by atoms with Crippen molar-refractivity contribution in [1.29, 1.82) is 0 Å². The maximum Gasteiger partial charge on any atom is 0.416 e. The minimum absolute atomic E-state index is 0.184. The zero-order chi connectivity index (χ0) is 14.9. The number of nitrogens with two attached hydrogens (primary N) is 1. The Labute approximate surface area is 114 Å². The van der Waals surface area contributed by atoms with Gasteiger partial charge < -0.3 is 5.73 Å². The van der Waals surface area contributed by atoms with Gasteiger partial charge in [0, 0.05) is 5.56 Å². The fraction of sp³-hybridized carbons (Fsp3) is 0.385. The van der Waals surface area contributed by atoms with E-state index >= 15 is 0 Å². The second-order valence-corrected chi connectivity index (χ2v) is 4.89. The van der Waals surface area contributed by atoms with Crippen LogP contribution in [-0.2, 0) is 6.18 Å². The molecule has 0 unspecified atom stereocenters. The Kier molecular flexibility index (Phi) is 3.80. The summed E-state index contributed by atoms with van der Waals surface area (Å²) in [6.45, 7) is 3.90. The molecule has 0 saturated heterocycles. The SMILES string of the molecule is CC(C)[C@H](N)c1nc(-c2ccc(C(F)(F)F)cc2)n[nH]1. The number of nitrogens with zero attached hydrogens (tertiary/aromatic N) is 2. The first-order chi connectivity index (χ1) is 9.29. The zero-order valence-electron chi connectivity index (χ0n) is 11.1. The van der Waals surface area contributed by atoms with Crippen LogP contribution < -0.4 is 5.73 Å². The molecule has 4 nitrogen and oxygen atoms in total. The van der Waals surface area contributed by atoms with Gasteiger partial charge in [0.1, 0.15) is 5.82 Å². The number of alkyl halides is 3. The van der Waals surface area contributed by atoms with Gasteiger partial charge in [0.05, 0.1) is 11.6 Å². The van der Waals surface area contributed by atoms with Gasteiger partial charge >= 0.3 is 6.18 Å². The van der Waals surface area contributed by atoms with E-state index in [1.807, 2.05) is 13.8 Å². The number of hydrogen-bond donors (Lipinski definition) is 2. The molecule has 0 spiro atoms. The third-order valence-corrected chi connectivity index (χ3v) is 3.01. The van der Waals surface area contributed by atoms with Crippen molar-refractivity contribution in [2.24, 2.45) is 11.7 Å². The first-order valence-corrected chi connectivity index (χ1v) is 6.14. The fourth-order valence-corrected chi connectivity index (χ4v) is 1.68. The van der Waals surface area contributed by atoms with Crippen LogP contribution in [0, 0.1) is 5.92 Å². The van der Waals surface area contributed by atoms with E-state index in [1.54, 1.807) is 0 Å². The highest BCUT2D eigenvalue weighted by atomic mass is 19.4. The zero-order valence-corrected chi connectivity index (χ0v) is 11.1. The molecule has 0 aliphatic heterocycles. The average molecular weight is 284 g/mol. The van der Waals surface area contributed by atoms with Gasteiger partial charge in [0.15, 0.2) is 5.82 Å². The van der Waals surface area contributed by atoms with Gasteiger partial charge in [-0.1, -0.05) is 26.0 Å². The van der Waals surface area contributed by atoms with E-state index in [9.17, 15) is 13.2 Å². The number of aromatic nitrogens is 3. The quantitative estimate of drug-likeness (QED) is 0.909. The summed E-state index contributed by atoms with van der Waals surface area (Å²) < 4.78 is 37.4. The lowest BCUT2D eigenvalue weighted by molar-refractivity contribution is -0.137. The molecule has 7 heteroatoms. The smallest absolute Gasteiger partial charge is 0.321 e. The molecule has 0 aliphatic carbocycles. The Morgan fingerprint density at radius 1 is 1.15 bits per heavy atom. The van der Waals surface area contributed by atoms with Crippen LogP contribution >= 0.6 is 0 Å². The maximum absolute atomic E-state index is 12.5. The highest BCUT2D eigenvalue weighted by Gasteiger charge is 2.30. The van der Waals surface area contributed by atoms with Gasteiger partial charge in [-0.05, 0) is 18.1 Å². The predicted molar refractivity (Wildman–Crippen MR) is 68.6 cm³/mol. The summed E-state index contributed by atoms with van der Waals surface area (Å²) in [6.07, 6.45) is -4.34. The molecule has 1 aromatic heterocycles. The minimum Gasteiger partial charge on any atom is -0.321 e. The van der Waals surface area contributed by atoms with Crippen LogP contribution in [0.25, 0.3) is 11.4 Å². The van der Waals surface area contributed by atoms with Gasteiger partial charge in [0.2, 0.25) is 0 Å². The minimum atomic E-state index is -4.34. The molecule has 0 fully saturated rings.